The molecule has 6 heteroatoms. The lowest BCUT2D eigenvalue weighted by molar-refractivity contribution is 0.355. The Balaban J connectivity index is 1.52. The smallest absolute Gasteiger partial charge is 0.171 e. The summed E-state index contributed by atoms with van der Waals surface area (Å²) in [6.07, 6.45) is 2.58. The fourth-order valence-electron chi connectivity index (χ4n) is 3.07. The number of ether oxygens (including phenoxy) is 2. The van der Waals surface area contributed by atoms with Gasteiger partial charge in [0.05, 0.1) is 14.2 Å². The van der Waals surface area contributed by atoms with E-state index in [1.165, 1.54) is 24.1 Å². The fourth-order valence-corrected chi connectivity index (χ4v) is 3.26. The number of nitrogens with zero attached hydrogens (tertiary/aromatic N) is 1. The van der Waals surface area contributed by atoms with Crippen molar-refractivity contribution in [3.05, 3.63) is 48.0 Å². The van der Waals surface area contributed by atoms with Crippen molar-refractivity contribution in [2.75, 3.05) is 37.5 Å². The van der Waals surface area contributed by atoms with Gasteiger partial charge in [0.15, 0.2) is 16.6 Å². The molecule has 0 aromatic heterocycles. The van der Waals surface area contributed by atoms with Crippen molar-refractivity contribution in [1.82, 2.24) is 5.32 Å². The molecule has 1 saturated heterocycles. The van der Waals surface area contributed by atoms with Crippen LogP contribution in [0.1, 0.15) is 18.4 Å². The summed E-state index contributed by atoms with van der Waals surface area (Å²) in [5.74, 6) is 1.35. The molecule has 0 atom stereocenters. The Morgan fingerprint density at radius 2 is 1.69 bits per heavy atom. The first-order valence-corrected chi connectivity index (χ1v) is 9.21. The van der Waals surface area contributed by atoms with Gasteiger partial charge in [0.25, 0.3) is 0 Å². The van der Waals surface area contributed by atoms with Crippen LogP contribution < -0.4 is 25.0 Å². The maximum atomic E-state index is 5.39. The normalized spacial score (nSPS) is 13.4. The van der Waals surface area contributed by atoms with Crippen LogP contribution in [0.15, 0.2) is 42.5 Å². The molecule has 138 valence electrons. The molecule has 1 aliphatic heterocycles. The molecule has 26 heavy (non-hydrogen) atoms. The number of hydrogen-bond donors (Lipinski definition) is 2. The first-order valence-electron chi connectivity index (χ1n) is 8.80. The van der Waals surface area contributed by atoms with Gasteiger partial charge in [-0.15, -0.1) is 0 Å². The molecule has 2 aromatic carbocycles. The average Bonchev–Trinajstić information content (AvgIpc) is 3.21. The first kappa shape index (κ1) is 18.3. The molecule has 2 aromatic rings. The molecule has 1 fully saturated rings. The van der Waals surface area contributed by atoms with Gasteiger partial charge in [-0.3, -0.25) is 0 Å². The molecular formula is C20H25N3O2S. The van der Waals surface area contributed by atoms with E-state index in [9.17, 15) is 0 Å². The third-order valence-corrected chi connectivity index (χ3v) is 4.75. The van der Waals surface area contributed by atoms with E-state index < -0.39 is 0 Å². The van der Waals surface area contributed by atoms with E-state index in [4.69, 9.17) is 21.7 Å². The zero-order valence-electron chi connectivity index (χ0n) is 15.2. The number of methoxy groups -OCH3 is 2. The topological polar surface area (TPSA) is 45.8 Å². The summed E-state index contributed by atoms with van der Waals surface area (Å²) in [5.41, 5.74) is 3.35. The van der Waals surface area contributed by atoms with Gasteiger partial charge in [-0.1, -0.05) is 12.1 Å². The lowest BCUT2D eigenvalue weighted by atomic mass is 10.2. The van der Waals surface area contributed by atoms with E-state index >= 15 is 0 Å². The SMILES string of the molecule is COc1ccc(NC(=S)NCc2ccc(N3CCCC3)cc2)cc1OC. The minimum Gasteiger partial charge on any atom is -0.493 e. The van der Waals surface area contributed by atoms with Crippen LogP contribution in [-0.4, -0.2) is 32.4 Å². The minimum absolute atomic E-state index is 0.570. The van der Waals surface area contributed by atoms with Crippen molar-refractivity contribution in [3.8, 4) is 11.5 Å². The molecule has 0 aliphatic carbocycles. The van der Waals surface area contributed by atoms with E-state index in [0.29, 0.717) is 23.2 Å². The van der Waals surface area contributed by atoms with Crippen molar-refractivity contribution in [2.45, 2.75) is 19.4 Å². The quantitative estimate of drug-likeness (QED) is 0.754. The highest BCUT2D eigenvalue weighted by Gasteiger charge is 2.11. The highest BCUT2D eigenvalue weighted by Crippen LogP contribution is 2.29. The Morgan fingerprint density at radius 1 is 1.00 bits per heavy atom. The number of hydrogen-bond acceptors (Lipinski definition) is 4. The molecule has 0 saturated carbocycles. The number of rotatable bonds is 6. The summed E-state index contributed by atoms with van der Waals surface area (Å²) < 4.78 is 10.6. The van der Waals surface area contributed by atoms with E-state index in [2.05, 4.69) is 39.8 Å². The summed E-state index contributed by atoms with van der Waals surface area (Å²) in [6, 6.07) is 14.3. The number of benzene rings is 2. The predicted molar refractivity (Wildman–Crippen MR) is 110 cm³/mol. The van der Waals surface area contributed by atoms with Gasteiger partial charge in [-0.05, 0) is 54.9 Å². The van der Waals surface area contributed by atoms with Gasteiger partial charge < -0.3 is 25.0 Å². The second kappa shape index (κ2) is 8.76. The highest BCUT2D eigenvalue weighted by atomic mass is 32.1. The summed E-state index contributed by atoms with van der Waals surface area (Å²) in [7, 11) is 3.23. The van der Waals surface area contributed by atoms with Crippen molar-refractivity contribution in [3.63, 3.8) is 0 Å². The van der Waals surface area contributed by atoms with E-state index in [1.807, 2.05) is 18.2 Å². The van der Waals surface area contributed by atoms with E-state index in [0.717, 1.165) is 18.8 Å². The van der Waals surface area contributed by atoms with Crippen molar-refractivity contribution in [1.29, 1.82) is 0 Å². The summed E-state index contributed by atoms with van der Waals surface area (Å²) in [6.45, 7) is 3.01. The first-order chi connectivity index (χ1) is 12.7. The monoisotopic (exact) mass is 371 g/mol. The van der Waals surface area contributed by atoms with Gasteiger partial charge >= 0.3 is 0 Å². The van der Waals surface area contributed by atoms with E-state index in [-0.39, 0.29) is 0 Å². The minimum atomic E-state index is 0.570. The maximum Gasteiger partial charge on any atom is 0.171 e. The summed E-state index contributed by atoms with van der Waals surface area (Å²) in [4.78, 5) is 2.43. The lowest BCUT2D eigenvalue weighted by Gasteiger charge is -2.18. The Kier molecular flexibility index (Phi) is 6.17. The largest absolute Gasteiger partial charge is 0.493 e. The van der Waals surface area contributed by atoms with Crippen molar-refractivity contribution in [2.24, 2.45) is 0 Å². The van der Waals surface area contributed by atoms with Crippen LogP contribution in [0.25, 0.3) is 0 Å². The Hall–Kier alpha value is -2.47. The molecule has 0 radical (unpaired) electrons. The third kappa shape index (κ3) is 4.58. The van der Waals surface area contributed by atoms with Gasteiger partial charge in [-0.25, -0.2) is 0 Å². The van der Waals surface area contributed by atoms with Crippen LogP contribution in [0, 0.1) is 0 Å². The van der Waals surface area contributed by atoms with Crippen LogP contribution in [0.2, 0.25) is 0 Å². The number of thiocarbonyl (C=S) groups is 1. The van der Waals surface area contributed by atoms with Gasteiger partial charge in [-0.2, -0.15) is 0 Å². The molecule has 0 amide bonds. The molecule has 1 heterocycles. The van der Waals surface area contributed by atoms with Crippen LogP contribution in [0.4, 0.5) is 11.4 Å². The number of nitrogens with one attached hydrogen (secondary N) is 2. The molecular weight excluding hydrogens is 346 g/mol. The Labute approximate surface area is 160 Å². The second-order valence-corrected chi connectivity index (χ2v) is 6.65. The maximum absolute atomic E-state index is 5.39. The van der Waals surface area contributed by atoms with E-state index in [1.54, 1.807) is 14.2 Å². The second-order valence-electron chi connectivity index (χ2n) is 6.24. The molecule has 3 rings (SSSR count). The van der Waals surface area contributed by atoms with Crippen LogP contribution in [-0.2, 0) is 6.54 Å². The number of anilines is 2. The Bertz CT molecular complexity index is 743. The zero-order valence-corrected chi connectivity index (χ0v) is 16.1. The van der Waals surface area contributed by atoms with Crippen molar-refractivity contribution >= 4 is 28.7 Å². The van der Waals surface area contributed by atoms with Gasteiger partial charge in [0, 0.05) is 37.1 Å². The molecule has 0 spiro atoms. The Morgan fingerprint density at radius 3 is 2.35 bits per heavy atom. The molecule has 0 bridgehead atoms. The average molecular weight is 372 g/mol. The predicted octanol–water partition coefficient (Wildman–Crippen LogP) is 3.79. The summed E-state index contributed by atoms with van der Waals surface area (Å²) >= 11 is 5.39. The standard InChI is InChI=1S/C20H25N3O2S/c1-24-18-10-7-16(13-19(18)25-2)22-20(26)21-14-15-5-8-17(9-6-15)23-11-3-4-12-23/h5-10,13H,3-4,11-12,14H2,1-2H3,(H2,21,22,26). The third-order valence-electron chi connectivity index (χ3n) is 4.50. The van der Waals surface area contributed by atoms with Crippen LogP contribution in [0.5, 0.6) is 11.5 Å². The molecule has 1 aliphatic rings. The van der Waals surface area contributed by atoms with Gasteiger partial charge in [0.1, 0.15) is 0 Å². The molecule has 5 nitrogen and oxygen atoms in total. The molecule has 0 unspecified atom stereocenters. The van der Waals surface area contributed by atoms with Crippen LogP contribution >= 0.6 is 12.2 Å². The molecule has 2 N–H and O–H groups in total. The summed E-state index contributed by atoms with van der Waals surface area (Å²) in [5, 5.41) is 6.98. The lowest BCUT2D eigenvalue weighted by Crippen LogP contribution is -2.27. The van der Waals surface area contributed by atoms with Gasteiger partial charge in [0.2, 0.25) is 0 Å². The highest BCUT2D eigenvalue weighted by molar-refractivity contribution is 7.80. The fraction of sp³-hybridized carbons (Fsp3) is 0.350. The van der Waals surface area contributed by atoms with Crippen molar-refractivity contribution < 1.29 is 9.47 Å². The zero-order chi connectivity index (χ0) is 18.4. The van der Waals surface area contributed by atoms with Crippen LogP contribution in [0.3, 0.4) is 0 Å².